The van der Waals surface area contributed by atoms with Crippen LogP contribution in [0.1, 0.15) is 0 Å². The van der Waals surface area contributed by atoms with E-state index in [1.54, 1.807) is 0 Å². The molecule has 0 saturated heterocycles. The number of anilines is 1. The zero-order valence-electron chi connectivity index (χ0n) is 6.79. The first-order chi connectivity index (χ1) is 5.90. The van der Waals surface area contributed by atoms with Crippen LogP contribution >= 0.6 is 11.8 Å². The highest BCUT2D eigenvalue weighted by Gasteiger charge is 2.13. The highest BCUT2D eigenvalue weighted by atomic mass is 32.2. The van der Waals surface area contributed by atoms with Gasteiger partial charge >= 0.3 is 0 Å². The Morgan fingerprint density at radius 1 is 1.50 bits per heavy atom. The summed E-state index contributed by atoms with van der Waals surface area (Å²) in [6.45, 7) is 3.78. The topological polar surface area (TPSA) is 12.0 Å². The van der Waals surface area contributed by atoms with Crippen molar-refractivity contribution in [3.63, 3.8) is 0 Å². The highest BCUT2D eigenvalue weighted by Crippen LogP contribution is 2.32. The van der Waals surface area contributed by atoms with Gasteiger partial charge in [0.15, 0.2) is 0 Å². The number of thioether (sulfide) groups is 1. The van der Waals surface area contributed by atoms with Gasteiger partial charge in [-0.3, -0.25) is 0 Å². The van der Waals surface area contributed by atoms with Crippen LogP contribution in [0, 0.1) is 0 Å². The molecule has 1 heterocycles. The molecule has 12 heavy (non-hydrogen) atoms. The van der Waals surface area contributed by atoms with Crippen LogP contribution in [0.3, 0.4) is 0 Å². The zero-order chi connectivity index (χ0) is 8.39. The van der Waals surface area contributed by atoms with Gasteiger partial charge in [-0.25, -0.2) is 0 Å². The van der Waals surface area contributed by atoms with Crippen LogP contribution in [0.15, 0.2) is 41.8 Å². The lowest BCUT2D eigenvalue weighted by molar-refractivity contribution is 0.989. The lowest BCUT2D eigenvalue weighted by Crippen LogP contribution is -2.22. The van der Waals surface area contributed by atoms with E-state index in [9.17, 15) is 0 Å². The number of hydrogen-bond acceptors (Lipinski definition) is 2. The van der Waals surface area contributed by atoms with E-state index in [0.29, 0.717) is 6.04 Å². The molecule has 1 N–H and O–H groups in total. The maximum Gasteiger partial charge on any atom is 0.0536 e. The molecule has 0 spiro atoms. The average molecular weight is 177 g/mol. The van der Waals surface area contributed by atoms with Gasteiger partial charge < -0.3 is 5.32 Å². The first kappa shape index (κ1) is 7.74. The van der Waals surface area contributed by atoms with Crippen LogP contribution in [-0.2, 0) is 0 Å². The summed E-state index contributed by atoms with van der Waals surface area (Å²) in [5.41, 5.74) is 1.23. The van der Waals surface area contributed by atoms with Gasteiger partial charge in [0.05, 0.1) is 6.04 Å². The lowest BCUT2D eigenvalue weighted by Gasteiger charge is -2.23. The smallest absolute Gasteiger partial charge is 0.0536 e. The molecule has 0 aromatic heterocycles. The Morgan fingerprint density at radius 2 is 2.33 bits per heavy atom. The number of fused-ring (bicyclic) bond motifs is 1. The minimum Gasteiger partial charge on any atom is -0.377 e. The predicted octanol–water partition coefficient (Wildman–Crippen LogP) is 2.76. The van der Waals surface area contributed by atoms with Gasteiger partial charge in [-0.1, -0.05) is 18.2 Å². The number of para-hydroxylation sites is 1. The number of nitrogens with one attached hydrogen (secondary N) is 1. The fourth-order valence-electron chi connectivity index (χ4n) is 1.26. The average Bonchev–Trinajstić information content (AvgIpc) is 2.17. The summed E-state index contributed by atoms with van der Waals surface area (Å²) in [5.74, 6) is 1.08. The van der Waals surface area contributed by atoms with Crippen LogP contribution in [0.4, 0.5) is 5.69 Å². The molecule has 1 nitrogen and oxygen atoms in total. The SMILES string of the molecule is C=CC1CSc2ccccc2N1. The molecule has 0 amide bonds. The third-order valence-electron chi connectivity index (χ3n) is 1.93. The Morgan fingerprint density at radius 3 is 3.17 bits per heavy atom. The van der Waals surface area contributed by atoms with Crippen molar-refractivity contribution < 1.29 is 0 Å². The van der Waals surface area contributed by atoms with E-state index in [1.165, 1.54) is 10.6 Å². The lowest BCUT2D eigenvalue weighted by atomic mass is 10.2. The Balaban J connectivity index is 2.28. The second-order valence-corrected chi connectivity index (χ2v) is 3.86. The fraction of sp³-hybridized carbons (Fsp3) is 0.200. The van der Waals surface area contributed by atoms with Crippen LogP contribution < -0.4 is 5.32 Å². The molecular weight excluding hydrogens is 166 g/mol. The molecule has 1 atom stereocenters. The molecule has 0 fully saturated rings. The Labute approximate surface area is 76.9 Å². The van der Waals surface area contributed by atoms with Gasteiger partial charge in [-0.15, -0.1) is 18.3 Å². The van der Waals surface area contributed by atoms with Gasteiger partial charge in [0, 0.05) is 16.3 Å². The molecule has 1 aromatic rings. The van der Waals surface area contributed by atoms with E-state index in [-0.39, 0.29) is 0 Å². The van der Waals surface area contributed by atoms with Gasteiger partial charge in [-0.2, -0.15) is 0 Å². The molecule has 0 aliphatic carbocycles. The fourth-order valence-corrected chi connectivity index (χ4v) is 2.30. The first-order valence-electron chi connectivity index (χ1n) is 4.01. The second kappa shape index (κ2) is 3.23. The van der Waals surface area contributed by atoms with E-state index >= 15 is 0 Å². The largest absolute Gasteiger partial charge is 0.377 e. The van der Waals surface area contributed by atoms with Crippen molar-refractivity contribution in [1.29, 1.82) is 0 Å². The molecule has 0 radical (unpaired) electrons. The molecule has 0 saturated carbocycles. The van der Waals surface area contributed by atoms with E-state index in [4.69, 9.17) is 0 Å². The molecule has 2 rings (SSSR count). The molecule has 2 heteroatoms. The second-order valence-electron chi connectivity index (χ2n) is 2.79. The summed E-state index contributed by atoms with van der Waals surface area (Å²) < 4.78 is 0. The van der Waals surface area contributed by atoms with E-state index in [1.807, 2.05) is 17.8 Å². The molecular formula is C10H11NS. The molecule has 1 aliphatic rings. The van der Waals surface area contributed by atoms with Gasteiger partial charge in [-0.05, 0) is 12.1 Å². The van der Waals surface area contributed by atoms with Crippen molar-refractivity contribution in [2.75, 3.05) is 11.1 Å². The number of hydrogen-bond donors (Lipinski definition) is 1. The Bertz CT molecular complexity index is 296. The van der Waals surface area contributed by atoms with Crippen LogP contribution in [0.2, 0.25) is 0 Å². The van der Waals surface area contributed by atoms with E-state index in [0.717, 1.165) is 5.75 Å². The molecule has 1 unspecified atom stereocenters. The minimum atomic E-state index is 0.421. The standard InChI is InChI=1S/C10H11NS/c1-2-8-7-12-10-6-4-3-5-9(10)11-8/h2-6,8,11H,1,7H2. The summed E-state index contributed by atoms with van der Waals surface area (Å²) in [6, 6.07) is 8.80. The van der Waals surface area contributed by atoms with Gasteiger partial charge in [0.1, 0.15) is 0 Å². The van der Waals surface area contributed by atoms with Gasteiger partial charge in [0.25, 0.3) is 0 Å². The number of rotatable bonds is 1. The third kappa shape index (κ3) is 1.34. The quantitative estimate of drug-likeness (QED) is 0.662. The van der Waals surface area contributed by atoms with E-state index in [2.05, 4.69) is 36.2 Å². The van der Waals surface area contributed by atoms with Crippen LogP contribution in [0.25, 0.3) is 0 Å². The minimum absolute atomic E-state index is 0.421. The third-order valence-corrected chi connectivity index (χ3v) is 3.12. The van der Waals surface area contributed by atoms with Crippen LogP contribution in [-0.4, -0.2) is 11.8 Å². The highest BCUT2D eigenvalue weighted by molar-refractivity contribution is 7.99. The summed E-state index contributed by atoms with van der Waals surface area (Å²) in [6.07, 6.45) is 1.96. The maximum atomic E-state index is 3.78. The summed E-state index contributed by atoms with van der Waals surface area (Å²) in [5, 5.41) is 3.41. The van der Waals surface area contributed by atoms with Crippen molar-refractivity contribution in [1.82, 2.24) is 0 Å². The van der Waals surface area contributed by atoms with Crippen molar-refractivity contribution in [2.24, 2.45) is 0 Å². The van der Waals surface area contributed by atoms with Crippen molar-refractivity contribution in [3.05, 3.63) is 36.9 Å². The molecule has 1 aromatic carbocycles. The first-order valence-corrected chi connectivity index (χ1v) is 4.99. The molecule has 62 valence electrons. The normalized spacial score (nSPS) is 20.8. The monoisotopic (exact) mass is 177 g/mol. The summed E-state index contributed by atoms with van der Waals surface area (Å²) >= 11 is 1.89. The predicted molar refractivity (Wildman–Crippen MR) is 54.8 cm³/mol. The summed E-state index contributed by atoms with van der Waals surface area (Å²) in [4.78, 5) is 1.34. The van der Waals surface area contributed by atoms with Crippen molar-refractivity contribution >= 4 is 17.4 Å². The zero-order valence-corrected chi connectivity index (χ0v) is 7.60. The van der Waals surface area contributed by atoms with Crippen molar-refractivity contribution in [3.8, 4) is 0 Å². The number of benzene rings is 1. The Kier molecular flexibility index (Phi) is 2.09. The van der Waals surface area contributed by atoms with Crippen molar-refractivity contribution in [2.45, 2.75) is 10.9 Å². The van der Waals surface area contributed by atoms with E-state index < -0.39 is 0 Å². The summed E-state index contributed by atoms with van der Waals surface area (Å²) in [7, 11) is 0. The molecule has 0 bridgehead atoms. The van der Waals surface area contributed by atoms with Gasteiger partial charge in [0.2, 0.25) is 0 Å². The Hall–Kier alpha value is -0.890. The molecule has 1 aliphatic heterocycles. The van der Waals surface area contributed by atoms with Crippen LogP contribution in [0.5, 0.6) is 0 Å². The maximum absolute atomic E-state index is 3.78.